The van der Waals surface area contributed by atoms with E-state index in [-0.39, 0.29) is 17.1 Å². The van der Waals surface area contributed by atoms with E-state index in [2.05, 4.69) is 0 Å². The number of rotatable bonds is 12. The van der Waals surface area contributed by atoms with Crippen LogP contribution in [0.3, 0.4) is 0 Å². The molecule has 0 radical (unpaired) electrons. The average molecular weight is 481 g/mol. The van der Waals surface area contributed by atoms with Gasteiger partial charge in [0, 0.05) is 21.8 Å². The first-order chi connectivity index (χ1) is 16.4. The van der Waals surface area contributed by atoms with E-state index in [0.29, 0.717) is 53.6 Å². The first kappa shape index (κ1) is 25.2. The highest BCUT2D eigenvalue weighted by Crippen LogP contribution is 2.34. The van der Waals surface area contributed by atoms with Crippen LogP contribution in [0.25, 0.3) is 0 Å². The minimum absolute atomic E-state index is 0.00175. The second kappa shape index (κ2) is 12.1. The van der Waals surface area contributed by atoms with Gasteiger partial charge in [-0.05, 0) is 55.8 Å². The molecule has 0 unspecified atom stereocenters. The number of ketones is 1. The molecule has 0 amide bonds. The lowest BCUT2D eigenvalue weighted by Gasteiger charge is -2.15. The summed E-state index contributed by atoms with van der Waals surface area (Å²) in [5.41, 5.74) is 1.23. The number of carboxylic acids is 1. The molecule has 3 rings (SSSR count). The van der Waals surface area contributed by atoms with Gasteiger partial charge in [-0.2, -0.15) is 0 Å². The predicted molar refractivity (Wildman–Crippen MR) is 132 cm³/mol. The fourth-order valence-corrected chi connectivity index (χ4v) is 4.43. The van der Waals surface area contributed by atoms with Gasteiger partial charge in [-0.3, -0.25) is 4.79 Å². The maximum absolute atomic E-state index is 11.7. The third-order valence-electron chi connectivity index (χ3n) is 5.08. The van der Waals surface area contributed by atoms with Crippen LogP contribution >= 0.6 is 11.8 Å². The van der Waals surface area contributed by atoms with Crippen molar-refractivity contribution in [3.63, 3.8) is 0 Å². The number of aromatic carboxylic acids is 1. The van der Waals surface area contributed by atoms with Crippen LogP contribution in [-0.4, -0.2) is 35.2 Å². The van der Waals surface area contributed by atoms with Crippen molar-refractivity contribution >= 4 is 23.5 Å². The normalized spacial score (nSPS) is 10.6. The highest BCUT2D eigenvalue weighted by Gasteiger charge is 2.16. The number of benzene rings is 3. The Morgan fingerprint density at radius 3 is 2.44 bits per heavy atom. The van der Waals surface area contributed by atoms with Crippen LogP contribution < -0.4 is 9.47 Å². The Hall–Kier alpha value is -3.45. The third-order valence-corrected chi connectivity index (χ3v) is 6.15. The molecule has 0 saturated heterocycles. The van der Waals surface area contributed by atoms with Gasteiger partial charge in [0.25, 0.3) is 0 Å². The molecule has 3 aromatic rings. The Morgan fingerprint density at radius 2 is 1.71 bits per heavy atom. The molecule has 0 bridgehead atoms. The fraction of sp³-hybridized carbons (Fsp3) is 0.259. The number of carbonyl (C=O) groups is 2. The summed E-state index contributed by atoms with van der Waals surface area (Å²) in [5, 5.41) is 19.8. The zero-order valence-electron chi connectivity index (χ0n) is 19.2. The number of carboxylic acid groups (broad SMARTS) is 1. The van der Waals surface area contributed by atoms with Gasteiger partial charge in [0.2, 0.25) is 0 Å². The Kier molecular flexibility index (Phi) is 8.99. The summed E-state index contributed by atoms with van der Waals surface area (Å²) < 4.78 is 11.7. The van der Waals surface area contributed by atoms with Crippen molar-refractivity contribution < 1.29 is 29.3 Å². The van der Waals surface area contributed by atoms with Gasteiger partial charge in [-0.15, -0.1) is 0 Å². The van der Waals surface area contributed by atoms with Crippen LogP contribution in [0.1, 0.15) is 53.0 Å². The summed E-state index contributed by atoms with van der Waals surface area (Å²) in [6.07, 6.45) is 2.06. The molecule has 6 nitrogen and oxygen atoms in total. The largest absolute Gasteiger partial charge is 0.507 e. The summed E-state index contributed by atoms with van der Waals surface area (Å²) in [6.45, 7) is 4.27. The van der Waals surface area contributed by atoms with E-state index in [0.717, 1.165) is 11.3 Å². The summed E-state index contributed by atoms with van der Waals surface area (Å²) >= 11 is 1.38. The summed E-state index contributed by atoms with van der Waals surface area (Å²) in [7, 11) is 0. The molecule has 0 fully saturated rings. The van der Waals surface area contributed by atoms with Crippen molar-refractivity contribution in [2.24, 2.45) is 0 Å². The lowest BCUT2D eigenvalue weighted by atomic mass is 10.0. The van der Waals surface area contributed by atoms with Crippen LogP contribution in [0.4, 0.5) is 0 Å². The monoisotopic (exact) mass is 480 g/mol. The van der Waals surface area contributed by atoms with Crippen molar-refractivity contribution in [3.8, 4) is 17.2 Å². The lowest BCUT2D eigenvalue weighted by molar-refractivity contribution is 0.0693. The van der Waals surface area contributed by atoms with Gasteiger partial charge < -0.3 is 19.7 Å². The number of phenols is 1. The first-order valence-corrected chi connectivity index (χ1v) is 11.9. The number of Topliss-reactive ketones (excluding diaryl/α,β-unsaturated/α-hetero) is 1. The van der Waals surface area contributed by atoms with Crippen molar-refractivity contribution in [1.29, 1.82) is 0 Å². The number of ether oxygens (including phenoxy) is 2. The standard InChI is InChI=1S/C27H28O6S/c1-3-8-22-24(14-13-21(18(2)28)26(22)29)33-16-7-15-32-19-9-6-10-20(17-19)34-25-12-5-4-11-23(25)27(30)31/h4-6,9-14,17,29H,3,7-8,15-16H2,1-2H3,(H,30,31). The quantitative estimate of drug-likeness (QED) is 0.234. The molecule has 0 spiro atoms. The Bertz CT molecular complexity index is 1160. The number of aromatic hydroxyl groups is 1. The Labute approximate surface area is 203 Å². The summed E-state index contributed by atoms with van der Waals surface area (Å²) in [6, 6.07) is 17.7. The maximum atomic E-state index is 11.7. The van der Waals surface area contributed by atoms with E-state index < -0.39 is 5.97 Å². The van der Waals surface area contributed by atoms with Gasteiger partial charge in [-0.25, -0.2) is 4.79 Å². The second-order valence-electron chi connectivity index (χ2n) is 7.67. The van der Waals surface area contributed by atoms with Crippen molar-refractivity contribution in [3.05, 3.63) is 77.4 Å². The molecule has 0 aliphatic rings. The molecular weight excluding hydrogens is 452 g/mol. The van der Waals surface area contributed by atoms with E-state index >= 15 is 0 Å². The molecule has 34 heavy (non-hydrogen) atoms. The molecule has 0 saturated carbocycles. The SMILES string of the molecule is CCCc1c(OCCCOc2cccc(Sc3ccccc3C(=O)O)c2)ccc(C(C)=O)c1O. The minimum Gasteiger partial charge on any atom is -0.507 e. The van der Waals surface area contributed by atoms with Crippen molar-refractivity contribution in [2.75, 3.05) is 13.2 Å². The number of phenolic OH excluding ortho intramolecular Hbond substituents is 1. The second-order valence-corrected chi connectivity index (χ2v) is 8.79. The predicted octanol–water partition coefficient (Wildman–Crippen LogP) is 6.24. The Morgan fingerprint density at radius 1 is 0.941 bits per heavy atom. The molecule has 178 valence electrons. The first-order valence-electron chi connectivity index (χ1n) is 11.1. The van der Waals surface area contributed by atoms with Crippen molar-refractivity contribution in [1.82, 2.24) is 0 Å². The van der Waals surface area contributed by atoms with Crippen LogP contribution in [0.15, 0.2) is 70.5 Å². The average Bonchev–Trinajstić information content (AvgIpc) is 2.81. The van der Waals surface area contributed by atoms with Gasteiger partial charge in [0.1, 0.15) is 17.2 Å². The fourth-order valence-electron chi connectivity index (χ4n) is 3.45. The van der Waals surface area contributed by atoms with Crippen LogP contribution in [-0.2, 0) is 6.42 Å². The zero-order valence-corrected chi connectivity index (χ0v) is 20.1. The zero-order chi connectivity index (χ0) is 24.5. The molecular formula is C27H28O6S. The van der Waals surface area contributed by atoms with E-state index in [1.54, 1.807) is 30.3 Å². The summed E-state index contributed by atoms with van der Waals surface area (Å²) in [4.78, 5) is 24.7. The smallest absolute Gasteiger partial charge is 0.336 e. The molecule has 7 heteroatoms. The van der Waals surface area contributed by atoms with E-state index in [1.165, 1.54) is 18.7 Å². The highest BCUT2D eigenvalue weighted by molar-refractivity contribution is 7.99. The Balaban J connectivity index is 1.55. The van der Waals surface area contributed by atoms with E-state index in [1.807, 2.05) is 37.3 Å². The molecule has 0 heterocycles. The molecule has 2 N–H and O–H groups in total. The van der Waals surface area contributed by atoms with E-state index in [4.69, 9.17) is 9.47 Å². The lowest BCUT2D eigenvalue weighted by Crippen LogP contribution is -2.07. The van der Waals surface area contributed by atoms with Gasteiger partial charge >= 0.3 is 5.97 Å². The molecule has 0 aliphatic heterocycles. The van der Waals surface area contributed by atoms with Crippen LogP contribution in [0.2, 0.25) is 0 Å². The van der Waals surface area contributed by atoms with Gasteiger partial charge in [-0.1, -0.05) is 43.3 Å². The number of carbonyl (C=O) groups excluding carboxylic acids is 1. The van der Waals surface area contributed by atoms with Crippen molar-refractivity contribution in [2.45, 2.75) is 42.9 Å². The molecule has 0 aliphatic carbocycles. The summed E-state index contributed by atoms with van der Waals surface area (Å²) in [5.74, 6) is 0.137. The topological polar surface area (TPSA) is 93.1 Å². The molecule has 0 atom stereocenters. The van der Waals surface area contributed by atoms with Crippen LogP contribution in [0.5, 0.6) is 17.2 Å². The van der Waals surface area contributed by atoms with Crippen LogP contribution in [0, 0.1) is 0 Å². The number of hydrogen-bond acceptors (Lipinski definition) is 6. The maximum Gasteiger partial charge on any atom is 0.336 e. The molecule has 3 aromatic carbocycles. The highest BCUT2D eigenvalue weighted by atomic mass is 32.2. The van der Waals surface area contributed by atoms with E-state index in [9.17, 15) is 19.8 Å². The van der Waals surface area contributed by atoms with Gasteiger partial charge in [0.15, 0.2) is 5.78 Å². The number of hydrogen-bond donors (Lipinski definition) is 2. The molecule has 0 aromatic heterocycles. The minimum atomic E-state index is -0.957. The third kappa shape index (κ3) is 6.54. The van der Waals surface area contributed by atoms with Gasteiger partial charge in [0.05, 0.1) is 24.3 Å².